The molecule has 0 aliphatic heterocycles. The lowest BCUT2D eigenvalue weighted by atomic mass is 10.0. The molecule has 0 aromatic rings. The van der Waals surface area contributed by atoms with E-state index < -0.39 is 24.0 Å². The molecule has 35 heavy (non-hydrogen) atoms. The van der Waals surface area contributed by atoms with Gasteiger partial charge in [-0.1, -0.05) is 25.7 Å². The lowest BCUT2D eigenvalue weighted by Crippen LogP contribution is -2.46. The first kappa shape index (κ1) is 33.9. The van der Waals surface area contributed by atoms with Crippen molar-refractivity contribution in [2.75, 3.05) is 6.54 Å². The van der Waals surface area contributed by atoms with Crippen LogP contribution in [-0.2, 0) is 28.8 Å². The van der Waals surface area contributed by atoms with Gasteiger partial charge in [0, 0.05) is 38.3 Å². The summed E-state index contributed by atoms with van der Waals surface area (Å²) in [6.45, 7) is 3.98. The molecule has 0 bridgehead atoms. The minimum Gasteiger partial charge on any atom is -0.481 e. The van der Waals surface area contributed by atoms with Gasteiger partial charge in [-0.15, -0.1) is 0 Å². The Balaban J connectivity index is 0. The number of carboxylic acid groups (broad SMARTS) is 2. The highest BCUT2D eigenvalue weighted by Gasteiger charge is 2.20. The van der Waals surface area contributed by atoms with E-state index in [1.165, 1.54) is 0 Å². The largest absolute Gasteiger partial charge is 0.481 e. The summed E-state index contributed by atoms with van der Waals surface area (Å²) in [5.74, 6) is -2.15. The van der Waals surface area contributed by atoms with Gasteiger partial charge < -0.3 is 26.2 Å². The minimum atomic E-state index is -1.22. The van der Waals surface area contributed by atoms with Gasteiger partial charge in [-0.3, -0.25) is 14.4 Å². The molecule has 3 amide bonds. The van der Waals surface area contributed by atoms with Crippen molar-refractivity contribution in [3.05, 3.63) is 0 Å². The molecule has 0 heterocycles. The number of nitrogens with one attached hydrogen (secondary N) is 3. The van der Waals surface area contributed by atoms with Crippen LogP contribution in [0.15, 0.2) is 0 Å². The lowest BCUT2D eigenvalue weighted by Gasteiger charge is -2.14. The van der Waals surface area contributed by atoms with E-state index in [1.807, 2.05) is 13.8 Å². The smallest absolute Gasteiger partial charge is 0.373 e. The Bertz CT molecular complexity index is 690. The third-order valence-electron chi connectivity index (χ3n) is 4.73. The second kappa shape index (κ2) is 22.5. The Hall–Kier alpha value is -3.27. The van der Waals surface area contributed by atoms with Gasteiger partial charge in [0.15, 0.2) is 0 Å². The number of Topliss-reactive ketones (excluding diaryl/α,β-unsaturated/α-hetero) is 1. The summed E-state index contributed by atoms with van der Waals surface area (Å²) < 4.78 is 0. The Morgan fingerprint density at radius 3 is 1.80 bits per heavy atom. The molecular weight excluding hydrogens is 462 g/mol. The fraction of sp³-hybridized carbons (Fsp3) is 0.739. The average Bonchev–Trinajstić information content (AvgIpc) is 2.75. The fourth-order valence-electron chi connectivity index (χ4n) is 3.05. The summed E-state index contributed by atoms with van der Waals surface area (Å²) in [5, 5.41) is 25.3. The van der Waals surface area contributed by atoms with Gasteiger partial charge in [0.25, 0.3) is 0 Å². The van der Waals surface area contributed by atoms with Crippen LogP contribution in [0, 0.1) is 0 Å². The van der Waals surface area contributed by atoms with Crippen LogP contribution in [0.2, 0.25) is 0 Å². The number of carboxylic acids is 2. The molecule has 0 aliphatic carbocycles. The SMILES string of the molecule is CC(C)NC(=O)CCCCCCCCC(=O)CC[C@H](NC(=O)NCCCC(=O)O)C(=O)O.O=C=O. The Kier molecular flexibility index (Phi) is 21.8. The van der Waals surface area contributed by atoms with Crippen LogP contribution in [0.1, 0.15) is 90.9 Å². The van der Waals surface area contributed by atoms with Crippen molar-refractivity contribution in [1.82, 2.24) is 16.0 Å². The minimum absolute atomic E-state index is 0.00908. The number of ketones is 1. The maximum absolute atomic E-state index is 12.0. The van der Waals surface area contributed by atoms with Crippen molar-refractivity contribution >= 4 is 35.8 Å². The zero-order valence-corrected chi connectivity index (χ0v) is 20.6. The first-order valence-electron chi connectivity index (χ1n) is 11.8. The molecular formula is C23H39N3O9. The molecule has 12 heteroatoms. The van der Waals surface area contributed by atoms with Gasteiger partial charge in [-0.05, 0) is 39.5 Å². The second-order valence-corrected chi connectivity index (χ2v) is 8.29. The van der Waals surface area contributed by atoms with E-state index in [4.69, 9.17) is 14.7 Å². The van der Waals surface area contributed by atoms with Gasteiger partial charge in [0.1, 0.15) is 11.8 Å². The van der Waals surface area contributed by atoms with Crippen molar-refractivity contribution in [1.29, 1.82) is 0 Å². The van der Waals surface area contributed by atoms with Crippen LogP contribution in [0.4, 0.5) is 4.79 Å². The topological polar surface area (TPSA) is 196 Å². The molecule has 1 atom stereocenters. The van der Waals surface area contributed by atoms with Crippen molar-refractivity contribution in [2.24, 2.45) is 0 Å². The van der Waals surface area contributed by atoms with Gasteiger partial charge in [0.2, 0.25) is 5.91 Å². The average molecular weight is 502 g/mol. The molecule has 0 aromatic heterocycles. The number of carbonyl (C=O) groups excluding carboxylic acids is 5. The molecule has 12 nitrogen and oxygen atoms in total. The van der Waals surface area contributed by atoms with E-state index in [-0.39, 0.29) is 56.1 Å². The molecule has 0 aliphatic rings. The summed E-state index contributed by atoms with van der Waals surface area (Å²) in [6, 6.07) is -1.71. The van der Waals surface area contributed by atoms with E-state index >= 15 is 0 Å². The molecule has 0 radical (unpaired) electrons. The Labute approximate surface area is 205 Å². The molecule has 0 saturated heterocycles. The molecule has 5 N–H and O–H groups in total. The third-order valence-corrected chi connectivity index (χ3v) is 4.73. The standard InChI is InChI=1S/C22H39N3O7.CO2/c1-16(2)24-19(27)11-8-6-4-3-5-7-10-17(26)13-14-18(21(30)31)25-22(32)23-15-9-12-20(28)29;2-1-3/h16,18H,3-15H2,1-2H3,(H,24,27)(H,28,29)(H,30,31)(H2,23,25,32);/t18-;/m0./s1. The number of hydrogen-bond donors (Lipinski definition) is 5. The van der Waals surface area contributed by atoms with Gasteiger partial charge in [-0.25, -0.2) is 9.59 Å². The molecule has 0 fully saturated rings. The summed E-state index contributed by atoms with van der Waals surface area (Å²) in [7, 11) is 0. The summed E-state index contributed by atoms with van der Waals surface area (Å²) in [5.41, 5.74) is 0. The van der Waals surface area contributed by atoms with Crippen LogP contribution in [0.5, 0.6) is 0 Å². The maximum Gasteiger partial charge on any atom is 0.373 e. The zero-order valence-electron chi connectivity index (χ0n) is 20.6. The Morgan fingerprint density at radius 2 is 1.29 bits per heavy atom. The van der Waals surface area contributed by atoms with Crippen molar-refractivity contribution in [2.45, 2.75) is 103 Å². The van der Waals surface area contributed by atoms with E-state index in [9.17, 15) is 29.1 Å². The monoisotopic (exact) mass is 501 g/mol. The first-order chi connectivity index (χ1) is 16.5. The van der Waals surface area contributed by atoms with E-state index in [0.29, 0.717) is 12.8 Å². The molecule has 0 spiro atoms. The molecule has 200 valence electrons. The van der Waals surface area contributed by atoms with Crippen molar-refractivity contribution < 1.29 is 43.8 Å². The third kappa shape index (κ3) is 25.2. The molecule has 0 saturated carbocycles. The van der Waals surface area contributed by atoms with Crippen LogP contribution in [0.25, 0.3) is 0 Å². The highest BCUT2D eigenvalue weighted by atomic mass is 16.4. The summed E-state index contributed by atoms with van der Waals surface area (Å²) in [4.78, 5) is 73.2. The second-order valence-electron chi connectivity index (χ2n) is 8.29. The fourth-order valence-corrected chi connectivity index (χ4v) is 3.05. The molecule has 0 unspecified atom stereocenters. The van der Waals surface area contributed by atoms with Crippen LogP contribution < -0.4 is 16.0 Å². The number of unbranched alkanes of at least 4 members (excludes halogenated alkanes) is 5. The highest BCUT2D eigenvalue weighted by molar-refractivity contribution is 5.84. The molecule has 0 rings (SSSR count). The Morgan fingerprint density at radius 1 is 0.743 bits per heavy atom. The number of urea groups is 1. The van der Waals surface area contributed by atoms with Crippen LogP contribution in [0.3, 0.4) is 0 Å². The molecule has 0 aromatic carbocycles. The van der Waals surface area contributed by atoms with Gasteiger partial charge in [0.05, 0.1) is 0 Å². The predicted octanol–water partition coefficient (Wildman–Crippen LogP) is 2.01. The van der Waals surface area contributed by atoms with Gasteiger partial charge in [-0.2, -0.15) is 9.59 Å². The highest BCUT2D eigenvalue weighted by Crippen LogP contribution is 2.11. The first-order valence-corrected chi connectivity index (χ1v) is 11.8. The number of rotatable bonds is 19. The predicted molar refractivity (Wildman–Crippen MR) is 124 cm³/mol. The van der Waals surface area contributed by atoms with E-state index in [2.05, 4.69) is 16.0 Å². The van der Waals surface area contributed by atoms with E-state index in [1.54, 1.807) is 0 Å². The number of amides is 3. The van der Waals surface area contributed by atoms with E-state index in [0.717, 1.165) is 38.5 Å². The van der Waals surface area contributed by atoms with Crippen molar-refractivity contribution in [3.63, 3.8) is 0 Å². The summed E-state index contributed by atoms with van der Waals surface area (Å²) >= 11 is 0. The number of carbonyl (C=O) groups is 5. The number of hydrogen-bond acceptors (Lipinski definition) is 7. The van der Waals surface area contributed by atoms with Crippen LogP contribution >= 0.6 is 0 Å². The summed E-state index contributed by atoms with van der Waals surface area (Å²) in [6.07, 6.45) is 6.87. The zero-order chi connectivity index (χ0) is 27.1. The maximum atomic E-state index is 12.0. The normalized spacial score (nSPS) is 10.8. The van der Waals surface area contributed by atoms with Gasteiger partial charge >= 0.3 is 24.1 Å². The quantitative estimate of drug-likeness (QED) is 0.164. The lowest BCUT2D eigenvalue weighted by molar-refractivity contribution is -0.191. The van der Waals surface area contributed by atoms with Crippen molar-refractivity contribution in [3.8, 4) is 0 Å². The van der Waals surface area contributed by atoms with Crippen LogP contribution in [-0.4, -0.2) is 64.7 Å². The number of aliphatic carboxylic acids is 2.